The Morgan fingerprint density at radius 2 is 2.03 bits per heavy atom. The van der Waals surface area contributed by atoms with Gasteiger partial charge in [0.15, 0.2) is 10.9 Å². The molecule has 1 saturated carbocycles. The predicted octanol–water partition coefficient (Wildman–Crippen LogP) is 3.98. The van der Waals surface area contributed by atoms with E-state index in [0.29, 0.717) is 18.5 Å². The predicted molar refractivity (Wildman–Crippen MR) is 115 cm³/mol. The molecule has 2 fully saturated rings. The molecule has 0 unspecified atom stereocenters. The molecule has 0 radical (unpaired) electrons. The number of alkyl halides is 1. The summed E-state index contributed by atoms with van der Waals surface area (Å²) >= 11 is 11.5. The number of hydrogen-bond acceptors (Lipinski definition) is 4. The van der Waals surface area contributed by atoms with Crippen molar-refractivity contribution in [1.29, 1.82) is 5.26 Å². The molecule has 31 heavy (non-hydrogen) atoms. The zero-order valence-corrected chi connectivity index (χ0v) is 17.6. The van der Waals surface area contributed by atoms with Crippen LogP contribution in [0, 0.1) is 17.1 Å². The van der Waals surface area contributed by atoms with Crippen molar-refractivity contribution in [2.75, 3.05) is 9.80 Å². The van der Waals surface area contributed by atoms with Crippen molar-refractivity contribution in [3.8, 4) is 6.07 Å². The van der Waals surface area contributed by atoms with E-state index in [-0.39, 0.29) is 27.5 Å². The third-order valence-corrected chi connectivity index (χ3v) is 6.51. The molecule has 1 aliphatic heterocycles. The molecule has 1 saturated heterocycles. The van der Waals surface area contributed by atoms with Crippen molar-refractivity contribution in [3.05, 3.63) is 57.9 Å². The van der Waals surface area contributed by atoms with E-state index in [1.807, 2.05) is 0 Å². The summed E-state index contributed by atoms with van der Waals surface area (Å²) in [6.45, 7) is -0.933. The van der Waals surface area contributed by atoms with Gasteiger partial charge in [0.05, 0.1) is 16.3 Å². The van der Waals surface area contributed by atoms with E-state index >= 15 is 0 Å². The summed E-state index contributed by atoms with van der Waals surface area (Å²) in [4.78, 5) is 27.6. The van der Waals surface area contributed by atoms with Gasteiger partial charge in [-0.2, -0.15) is 5.26 Å². The fourth-order valence-corrected chi connectivity index (χ4v) is 4.72. The van der Waals surface area contributed by atoms with Gasteiger partial charge in [0, 0.05) is 11.3 Å². The maximum absolute atomic E-state index is 15.0. The summed E-state index contributed by atoms with van der Waals surface area (Å²) in [5.74, 6) is -2.13. The molecule has 0 aromatic heterocycles. The van der Waals surface area contributed by atoms with E-state index in [0.717, 1.165) is 11.3 Å². The van der Waals surface area contributed by atoms with Crippen LogP contribution in [0.15, 0.2) is 30.3 Å². The molecular formula is C21H15ClF2N4O2S. The summed E-state index contributed by atoms with van der Waals surface area (Å²) < 4.78 is 28.5. The molecule has 6 nitrogen and oxygen atoms in total. The molecule has 2 amide bonds. The zero-order chi connectivity index (χ0) is 22.5. The lowest BCUT2D eigenvalue weighted by atomic mass is 9.75. The molecule has 2 N–H and O–H groups in total. The number of halogens is 3. The van der Waals surface area contributed by atoms with Gasteiger partial charge in [-0.05, 0) is 67.4 Å². The fourth-order valence-electron chi connectivity index (χ4n) is 4.06. The van der Waals surface area contributed by atoms with E-state index < -0.39 is 34.9 Å². The number of carbonyl (C=O) groups is 2. The molecule has 158 valence electrons. The highest BCUT2D eigenvalue weighted by Gasteiger charge is 2.60. The highest BCUT2D eigenvalue weighted by atomic mass is 35.5. The minimum atomic E-state index is -1.04. The third kappa shape index (κ3) is 2.98. The van der Waals surface area contributed by atoms with Crippen molar-refractivity contribution >= 4 is 52.1 Å². The second-order valence-electron chi connectivity index (χ2n) is 7.36. The Morgan fingerprint density at radius 3 is 2.58 bits per heavy atom. The molecule has 2 aromatic carbocycles. The molecule has 10 heteroatoms. The minimum Gasteiger partial charge on any atom is -0.366 e. The van der Waals surface area contributed by atoms with E-state index in [9.17, 15) is 18.4 Å². The average Bonchev–Trinajstić information content (AvgIpc) is 2.96. The topological polar surface area (TPSA) is 90.4 Å². The first-order chi connectivity index (χ1) is 14.8. The number of thiocarbonyl (C=S) groups is 1. The molecule has 4 rings (SSSR count). The van der Waals surface area contributed by atoms with Crippen LogP contribution in [-0.2, 0) is 11.5 Å². The second-order valence-corrected chi connectivity index (χ2v) is 8.10. The molecule has 0 atom stereocenters. The molecule has 0 bridgehead atoms. The first-order valence-corrected chi connectivity index (χ1v) is 10.1. The number of hydrogen-bond donors (Lipinski definition) is 1. The van der Waals surface area contributed by atoms with Gasteiger partial charge < -0.3 is 10.6 Å². The number of benzene rings is 2. The normalized spacial score (nSPS) is 17.1. The first kappa shape index (κ1) is 21.2. The van der Waals surface area contributed by atoms with Crippen LogP contribution in [0.25, 0.3) is 0 Å². The Hall–Kier alpha value is -3.09. The molecule has 2 aromatic rings. The van der Waals surface area contributed by atoms with Crippen molar-refractivity contribution in [2.45, 2.75) is 31.5 Å². The zero-order valence-electron chi connectivity index (χ0n) is 16.0. The standard InChI is InChI=1S/C21H15ClF2N4O2S/c22-16-11(10-25)2-5-15(17(16)24)27-19(30)21(6-1-7-21)28(20(27)31)13-3-4-14(18(26)29)12(8-13)9-23/h2-5,8H,1,6-7,9H2,(H2,26,29). The van der Waals surface area contributed by atoms with Crippen LogP contribution in [0.1, 0.15) is 40.7 Å². The van der Waals surface area contributed by atoms with Gasteiger partial charge >= 0.3 is 0 Å². The smallest absolute Gasteiger partial charge is 0.259 e. The van der Waals surface area contributed by atoms with Crippen LogP contribution in [-0.4, -0.2) is 22.5 Å². The Kier molecular flexibility index (Phi) is 5.15. The van der Waals surface area contributed by atoms with Gasteiger partial charge in [-0.1, -0.05) is 11.6 Å². The van der Waals surface area contributed by atoms with Gasteiger partial charge in [-0.15, -0.1) is 0 Å². The third-order valence-electron chi connectivity index (χ3n) is 5.77. The van der Waals surface area contributed by atoms with Crippen molar-refractivity contribution < 1.29 is 18.4 Å². The monoisotopic (exact) mass is 460 g/mol. The lowest BCUT2D eigenvalue weighted by Crippen LogP contribution is -2.55. The highest BCUT2D eigenvalue weighted by Crippen LogP contribution is 2.48. The second kappa shape index (κ2) is 7.55. The van der Waals surface area contributed by atoms with Crippen molar-refractivity contribution in [2.24, 2.45) is 5.73 Å². The number of nitrogens with zero attached hydrogens (tertiary/aromatic N) is 3. The van der Waals surface area contributed by atoms with Crippen molar-refractivity contribution in [1.82, 2.24) is 0 Å². The van der Waals surface area contributed by atoms with E-state index in [4.69, 9.17) is 34.8 Å². The van der Waals surface area contributed by atoms with Crippen LogP contribution >= 0.6 is 23.8 Å². The summed E-state index contributed by atoms with van der Waals surface area (Å²) in [5, 5.41) is 8.66. The number of rotatable bonds is 4. The van der Waals surface area contributed by atoms with Crippen LogP contribution in [0.5, 0.6) is 0 Å². The average molecular weight is 461 g/mol. The summed E-state index contributed by atoms with van der Waals surface area (Å²) in [6, 6.07) is 8.72. The largest absolute Gasteiger partial charge is 0.366 e. The summed E-state index contributed by atoms with van der Waals surface area (Å²) in [5.41, 5.74) is 4.55. The molecule has 1 spiro atoms. The van der Waals surface area contributed by atoms with Gasteiger partial charge in [-0.3, -0.25) is 14.5 Å². The van der Waals surface area contributed by atoms with Crippen LogP contribution < -0.4 is 15.5 Å². The maximum atomic E-state index is 15.0. The number of primary amides is 1. The van der Waals surface area contributed by atoms with E-state index in [1.165, 1.54) is 30.3 Å². The lowest BCUT2D eigenvalue weighted by Gasteiger charge is -2.43. The summed E-state index contributed by atoms with van der Waals surface area (Å²) in [7, 11) is 0. The van der Waals surface area contributed by atoms with E-state index in [1.54, 1.807) is 11.0 Å². The Balaban J connectivity index is 1.84. The number of carbonyl (C=O) groups excluding carboxylic acids is 2. The number of amides is 2. The molecule has 1 heterocycles. The number of anilines is 2. The van der Waals surface area contributed by atoms with Gasteiger partial charge in [0.2, 0.25) is 5.91 Å². The molecule has 1 aliphatic carbocycles. The maximum Gasteiger partial charge on any atom is 0.259 e. The number of nitrogens with two attached hydrogens (primary N) is 1. The molecular weight excluding hydrogens is 446 g/mol. The fraction of sp³-hybridized carbons (Fsp3) is 0.238. The highest BCUT2D eigenvalue weighted by molar-refractivity contribution is 7.81. The van der Waals surface area contributed by atoms with Crippen LogP contribution in [0.2, 0.25) is 5.02 Å². The van der Waals surface area contributed by atoms with E-state index in [2.05, 4.69) is 0 Å². The minimum absolute atomic E-state index is 0.000933. The van der Waals surface area contributed by atoms with Crippen LogP contribution in [0.3, 0.4) is 0 Å². The van der Waals surface area contributed by atoms with Gasteiger partial charge in [-0.25, -0.2) is 8.78 Å². The SMILES string of the molecule is N#Cc1ccc(N2C(=O)C3(CCC3)N(c3ccc(C(N)=O)c(CF)c3)C2=S)c(F)c1Cl. The molecule has 2 aliphatic rings. The lowest BCUT2D eigenvalue weighted by molar-refractivity contribution is -0.123. The quantitative estimate of drug-likeness (QED) is 0.697. The Bertz CT molecular complexity index is 1190. The summed E-state index contributed by atoms with van der Waals surface area (Å²) in [6.07, 6.45) is 1.69. The van der Waals surface area contributed by atoms with Gasteiger partial charge in [0.1, 0.15) is 18.3 Å². The van der Waals surface area contributed by atoms with Crippen LogP contribution in [0.4, 0.5) is 20.2 Å². The first-order valence-electron chi connectivity index (χ1n) is 9.32. The number of nitriles is 1. The Morgan fingerprint density at radius 1 is 1.32 bits per heavy atom. The van der Waals surface area contributed by atoms with Crippen molar-refractivity contribution in [3.63, 3.8) is 0 Å². The van der Waals surface area contributed by atoms with Gasteiger partial charge in [0.25, 0.3) is 5.91 Å². The Labute approximate surface area is 186 Å².